The normalized spacial score (nSPS) is 12.4. The van der Waals surface area contributed by atoms with E-state index in [1.165, 1.54) is 0 Å². The molecule has 0 aliphatic carbocycles. The molecule has 1 atom stereocenters. The number of aryl methyl sites for hydroxylation is 1. The second-order valence-corrected chi connectivity index (χ2v) is 5.76. The molecule has 5 heteroatoms. The lowest BCUT2D eigenvalue weighted by Gasteiger charge is -2.14. The number of amides is 1. The Morgan fingerprint density at radius 2 is 2.00 bits per heavy atom. The molecule has 1 amide bonds. The molecular weight excluding hydrogens is 278 g/mol. The Balaban J connectivity index is 2.00. The van der Waals surface area contributed by atoms with Crippen molar-refractivity contribution in [3.8, 4) is 5.69 Å². The van der Waals surface area contributed by atoms with E-state index in [1.54, 1.807) is 10.9 Å². The van der Waals surface area contributed by atoms with Crippen molar-refractivity contribution in [2.45, 2.75) is 33.3 Å². The highest BCUT2D eigenvalue weighted by Gasteiger charge is 2.15. The first kappa shape index (κ1) is 16.2. The Labute approximate surface area is 131 Å². The first-order chi connectivity index (χ1) is 10.5. The number of aromatic nitrogens is 2. The van der Waals surface area contributed by atoms with Gasteiger partial charge in [-0.05, 0) is 31.4 Å². The SMILES string of the molecule is Cc1nn(-c2ccccc2)cc1C(=O)NCCC(O)C(C)C. The molecule has 0 saturated carbocycles. The molecule has 1 heterocycles. The van der Waals surface area contributed by atoms with Crippen molar-refractivity contribution in [3.63, 3.8) is 0 Å². The third-order valence-electron chi connectivity index (χ3n) is 3.66. The van der Waals surface area contributed by atoms with Crippen LogP contribution in [0.2, 0.25) is 0 Å². The van der Waals surface area contributed by atoms with Crippen LogP contribution in [0.4, 0.5) is 0 Å². The molecule has 0 fully saturated rings. The van der Waals surface area contributed by atoms with Crippen LogP contribution in [0.15, 0.2) is 36.5 Å². The van der Waals surface area contributed by atoms with Crippen molar-refractivity contribution >= 4 is 5.91 Å². The molecule has 0 radical (unpaired) electrons. The molecule has 0 aliphatic rings. The Morgan fingerprint density at radius 1 is 1.32 bits per heavy atom. The molecule has 0 spiro atoms. The van der Waals surface area contributed by atoms with Crippen LogP contribution in [-0.2, 0) is 0 Å². The minimum Gasteiger partial charge on any atom is -0.393 e. The number of aliphatic hydroxyl groups is 1. The minimum absolute atomic E-state index is 0.157. The van der Waals surface area contributed by atoms with Crippen LogP contribution in [0.25, 0.3) is 5.69 Å². The average molecular weight is 301 g/mol. The maximum absolute atomic E-state index is 12.2. The van der Waals surface area contributed by atoms with E-state index in [-0.39, 0.29) is 11.8 Å². The highest BCUT2D eigenvalue weighted by Crippen LogP contribution is 2.12. The lowest BCUT2D eigenvalue weighted by molar-refractivity contribution is 0.0919. The number of aliphatic hydroxyl groups excluding tert-OH is 1. The molecule has 2 aromatic rings. The van der Waals surface area contributed by atoms with E-state index in [4.69, 9.17) is 0 Å². The standard InChI is InChI=1S/C17H23N3O2/c1-12(2)16(21)9-10-18-17(22)15-11-20(19-13(15)3)14-7-5-4-6-8-14/h4-8,11-12,16,21H,9-10H2,1-3H3,(H,18,22). The Bertz CT molecular complexity index is 620. The molecule has 1 aromatic heterocycles. The second kappa shape index (κ2) is 7.22. The number of nitrogens with one attached hydrogen (secondary N) is 1. The van der Waals surface area contributed by atoms with E-state index in [0.29, 0.717) is 24.2 Å². The highest BCUT2D eigenvalue weighted by atomic mass is 16.3. The van der Waals surface area contributed by atoms with E-state index < -0.39 is 6.10 Å². The summed E-state index contributed by atoms with van der Waals surface area (Å²) < 4.78 is 1.70. The molecule has 1 aromatic carbocycles. The maximum Gasteiger partial charge on any atom is 0.254 e. The molecular formula is C17H23N3O2. The summed E-state index contributed by atoms with van der Waals surface area (Å²) in [7, 11) is 0. The number of nitrogens with zero attached hydrogens (tertiary/aromatic N) is 2. The van der Waals surface area contributed by atoms with Gasteiger partial charge >= 0.3 is 0 Å². The Kier molecular flexibility index (Phi) is 5.33. The first-order valence-corrected chi connectivity index (χ1v) is 7.57. The lowest BCUT2D eigenvalue weighted by Crippen LogP contribution is -2.28. The fraction of sp³-hybridized carbons (Fsp3) is 0.412. The van der Waals surface area contributed by atoms with Gasteiger partial charge < -0.3 is 10.4 Å². The molecule has 2 rings (SSSR count). The Morgan fingerprint density at radius 3 is 2.64 bits per heavy atom. The van der Waals surface area contributed by atoms with Crippen molar-refractivity contribution in [2.24, 2.45) is 5.92 Å². The average Bonchev–Trinajstić information content (AvgIpc) is 2.90. The third kappa shape index (κ3) is 3.95. The van der Waals surface area contributed by atoms with Gasteiger partial charge in [0.15, 0.2) is 0 Å². The van der Waals surface area contributed by atoms with Crippen LogP contribution in [0.1, 0.15) is 36.3 Å². The quantitative estimate of drug-likeness (QED) is 0.860. The van der Waals surface area contributed by atoms with Gasteiger partial charge in [0.25, 0.3) is 5.91 Å². The van der Waals surface area contributed by atoms with Gasteiger partial charge in [-0.2, -0.15) is 5.10 Å². The summed E-state index contributed by atoms with van der Waals surface area (Å²) >= 11 is 0. The molecule has 0 saturated heterocycles. The van der Waals surface area contributed by atoms with Gasteiger partial charge in [-0.25, -0.2) is 4.68 Å². The smallest absolute Gasteiger partial charge is 0.254 e. The predicted octanol–water partition coefficient (Wildman–Crippen LogP) is 2.32. The molecule has 1 unspecified atom stereocenters. The van der Waals surface area contributed by atoms with Crippen LogP contribution in [0.3, 0.4) is 0 Å². The number of benzene rings is 1. The zero-order valence-corrected chi connectivity index (χ0v) is 13.3. The van der Waals surface area contributed by atoms with Crippen molar-refractivity contribution in [1.29, 1.82) is 0 Å². The monoisotopic (exact) mass is 301 g/mol. The summed E-state index contributed by atoms with van der Waals surface area (Å²) in [5, 5.41) is 17.0. The summed E-state index contributed by atoms with van der Waals surface area (Å²) in [6, 6.07) is 9.67. The number of para-hydroxylation sites is 1. The van der Waals surface area contributed by atoms with Crippen LogP contribution in [0, 0.1) is 12.8 Å². The highest BCUT2D eigenvalue weighted by molar-refractivity contribution is 5.95. The van der Waals surface area contributed by atoms with Crippen molar-refractivity contribution in [3.05, 3.63) is 47.8 Å². The van der Waals surface area contributed by atoms with E-state index in [0.717, 1.165) is 5.69 Å². The Hall–Kier alpha value is -2.14. The molecule has 0 bridgehead atoms. The summed E-state index contributed by atoms with van der Waals surface area (Å²) in [6.45, 7) is 6.19. The topological polar surface area (TPSA) is 67.2 Å². The van der Waals surface area contributed by atoms with Gasteiger partial charge in [-0.1, -0.05) is 32.0 Å². The number of carbonyl (C=O) groups is 1. The fourth-order valence-electron chi connectivity index (χ4n) is 2.16. The summed E-state index contributed by atoms with van der Waals surface area (Å²) in [4.78, 5) is 12.2. The largest absolute Gasteiger partial charge is 0.393 e. The molecule has 5 nitrogen and oxygen atoms in total. The van der Waals surface area contributed by atoms with Crippen molar-refractivity contribution in [2.75, 3.05) is 6.54 Å². The van der Waals surface area contributed by atoms with E-state index in [1.807, 2.05) is 51.1 Å². The molecule has 118 valence electrons. The molecule has 0 aliphatic heterocycles. The second-order valence-electron chi connectivity index (χ2n) is 5.76. The van der Waals surface area contributed by atoms with Crippen LogP contribution in [0.5, 0.6) is 0 Å². The summed E-state index contributed by atoms with van der Waals surface area (Å²) in [5.41, 5.74) is 2.16. The number of hydrogen-bond donors (Lipinski definition) is 2. The van der Waals surface area contributed by atoms with Gasteiger partial charge in [0.05, 0.1) is 23.0 Å². The minimum atomic E-state index is -0.395. The number of hydrogen-bond acceptors (Lipinski definition) is 3. The van der Waals surface area contributed by atoms with Gasteiger partial charge in [-0.15, -0.1) is 0 Å². The number of rotatable bonds is 6. The fourth-order valence-corrected chi connectivity index (χ4v) is 2.16. The van der Waals surface area contributed by atoms with Crippen LogP contribution < -0.4 is 5.32 Å². The molecule has 22 heavy (non-hydrogen) atoms. The summed E-state index contributed by atoms with van der Waals surface area (Å²) in [6.07, 6.45) is 1.89. The van der Waals surface area contributed by atoms with E-state index in [9.17, 15) is 9.90 Å². The zero-order chi connectivity index (χ0) is 16.1. The summed E-state index contributed by atoms with van der Waals surface area (Å²) in [5.74, 6) is 0.0371. The van der Waals surface area contributed by atoms with Gasteiger partial charge in [0.1, 0.15) is 0 Å². The lowest BCUT2D eigenvalue weighted by atomic mass is 10.0. The van der Waals surface area contributed by atoms with Crippen LogP contribution in [-0.4, -0.2) is 33.4 Å². The number of carbonyl (C=O) groups excluding carboxylic acids is 1. The zero-order valence-electron chi connectivity index (χ0n) is 13.3. The van der Waals surface area contributed by atoms with Gasteiger partial charge in [0, 0.05) is 12.7 Å². The van der Waals surface area contributed by atoms with Crippen molar-refractivity contribution in [1.82, 2.24) is 15.1 Å². The molecule has 2 N–H and O–H groups in total. The third-order valence-corrected chi connectivity index (χ3v) is 3.66. The van der Waals surface area contributed by atoms with Crippen molar-refractivity contribution < 1.29 is 9.90 Å². The first-order valence-electron chi connectivity index (χ1n) is 7.57. The van der Waals surface area contributed by atoms with E-state index in [2.05, 4.69) is 10.4 Å². The van der Waals surface area contributed by atoms with E-state index >= 15 is 0 Å². The van der Waals surface area contributed by atoms with Gasteiger partial charge in [0.2, 0.25) is 0 Å². The van der Waals surface area contributed by atoms with Crippen LogP contribution >= 0.6 is 0 Å². The van der Waals surface area contributed by atoms with Gasteiger partial charge in [-0.3, -0.25) is 4.79 Å². The predicted molar refractivity (Wildman–Crippen MR) is 86.1 cm³/mol. The maximum atomic E-state index is 12.2.